The Balaban J connectivity index is 0.694. The van der Waals surface area contributed by atoms with E-state index in [9.17, 15) is 49.8 Å². The molecule has 0 radical (unpaired) electrons. The minimum absolute atomic E-state index is 0.000801. The van der Waals surface area contributed by atoms with Gasteiger partial charge in [-0.15, -0.1) is 15.3 Å². The molecule has 12 N–H and O–H groups in total. The molecule has 6 fully saturated rings. The Labute approximate surface area is 690 Å². The van der Waals surface area contributed by atoms with Gasteiger partial charge in [-0.05, 0) is 32.2 Å². The number of hydrogen-bond acceptors (Lipinski definition) is 38. The Morgan fingerprint density at radius 1 is 0.445 bits per heavy atom. The highest BCUT2D eigenvalue weighted by atomic mass is 16.8. The van der Waals surface area contributed by atoms with Crippen molar-refractivity contribution in [1.82, 2.24) is 66.2 Å². The number of carbonyl (C=O) groups excluding carboxylic acids is 4. The van der Waals surface area contributed by atoms with Crippen molar-refractivity contribution in [2.24, 2.45) is 5.73 Å². The maximum Gasteiger partial charge on any atom is 0.220 e. The molecule has 0 saturated carbocycles. The fourth-order valence-corrected chi connectivity index (χ4v) is 13.7. The van der Waals surface area contributed by atoms with E-state index in [1.807, 2.05) is 0 Å². The summed E-state index contributed by atoms with van der Waals surface area (Å²) in [5.74, 6) is -1.08. The zero-order valence-electron chi connectivity index (χ0n) is 68.3. The largest absolute Gasteiger partial charge is 0.390 e. The second-order valence-electron chi connectivity index (χ2n) is 29.9. The molecule has 9 heterocycles. The zero-order chi connectivity index (χ0) is 84.4. The van der Waals surface area contributed by atoms with Gasteiger partial charge >= 0.3 is 0 Å². The summed E-state index contributed by atoms with van der Waals surface area (Å²) in [6, 6.07) is -1.81. The number of aliphatic hydroxyl groups excluding tert-OH is 6. The summed E-state index contributed by atoms with van der Waals surface area (Å²) < 4.78 is 127. The molecule has 0 aliphatic carbocycles. The van der Waals surface area contributed by atoms with Crippen molar-refractivity contribution in [3.8, 4) is 0 Å². The maximum atomic E-state index is 14.1. The van der Waals surface area contributed by atoms with Crippen molar-refractivity contribution in [3.05, 3.63) is 35.7 Å². The van der Waals surface area contributed by atoms with Crippen LogP contribution in [0.4, 0.5) is 0 Å². The van der Waals surface area contributed by atoms with Crippen molar-refractivity contribution in [3.63, 3.8) is 0 Å². The Morgan fingerprint density at radius 2 is 0.798 bits per heavy atom. The molecule has 4 amide bonds. The van der Waals surface area contributed by atoms with Crippen molar-refractivity contribution in [2.45, 2.75) is 201 Å². The summed E-state index contributed by atoms with van der Waals surface area (Å²) in [5.41, 5.74) is 2.20. The first-order chi connectivity index (χ1) is 57.8. The monoisotopic (exact) mass is 1710 g/mol. The first kappa shape index (κ1) is 97.0. The molecule has 45 nitrogen and oxygen atoms in total. The van der Waals surface area contributed by atoms with Gasteiger partial charge in [0.15, 0.2) is 18.9 Å². The molecule has 0 aromatic carbocycles. The second-order valence-corrected chi connectivity index (χ2v) is 29.9. The van der Waals surface area contributed by atoms with Gasteiger partial charge in [0.05, 0.1) is 262 Å². The summed E-state index contributed by atoms with van der Waals surface area (Å²) in [4.78, 5) is 49.7. The highest BCUT2D eigenvalue weighted by Crippen LogP contribution is 2.40. The Morgan fingerprint density at radius 3 is 1.18 bits per heavy atom. The fraction of sp³-hybridized carbons (Fsp3) is 0.865. The number of ether oxygens (including phenoxy) is 21. The summed E-state index contributed by atoms with van der Waals surface area (Å²) >= 11 is 0. The minimum atomic E-state index is -1.34. The number of fused-ring (bicyclic) bond motifs is 6. The van der Waals surface area contributed by atoms with Crippen LogP contribution >= 0.6 is 0 Å². The highest BCUT2D eigenvalue weighted by molar-refractivity contribution is 5.77. The number of aromatic nitrogens is 9. The Kier molecular flexibility index (Phi) is 43.0. The first-order valence-electron chi connectivity index (χ1n) is 40.9. The van der Waals surface area contributed by atoms with Crippen LogP contribution in [0.5, 0.6) is 0 Å². The predicted octanol–water partition coefficient (Wildman–Crippen LogP) is -5.40. The van der Waals surface area contributed by atoms with Crippen LogP contribution in [-0.4, -0.2) is 400 Å². The van der Waals surface area contributed by atoms with Gasteiger partial charge in [-0.1, -0.05) is 28.5 Å². The molecule has 0 spiro atoms. The molecule has 6 aliphatic rings. The fourth-order valence-electron chi connectivity index (χ4n) is 13.7. The number of hydrogen-bond donors (Lipinski definition) is 11. The van der Waals surface area contributed by atoms with E-state index in [4.69, 9.17) is 105 Å². The molecule has 678 valence electrons. The SMILES string of the molecule is CC(=O)NC1C2OCC(COCCOCCOCCOCCn3cc(COCC(COCc4cn(CCOCCOCCOCCOCC56COC(CC(O)C5O)O6)nn4)(COCc4cn(CCOCCOCCOCCOCC56COC(O5)C(NC(C)=O)C(O)C6O)nn4)NC(=O)CCCCCNC(=O)CCCCCN)nn3)(O2)C(O)C1O. The quantitative estimate of drug-likeness (QED) is 0.0235. The van der Waals surface area contributed by atoms with E-state index in [0.29, 0.717) is 181 Å². The van der Waals surface area contributed by atoms with E-state index in [0.717, 1.165) is 19.3 Å². The average molecular weight is 1710 g/mol. The van der Waals surface area contributed by atoms with Crippen LogP contribution in [0.1, 0.15) is 88.7 Å². The summed E-state index contributed by atoms with van der Waals surface area (Å²) in [5, 5.41) is 100. The standard InChI is InChI=1S/C74H126N14O31/c1-53(89)77-62-64(94)67(97)73(51-115-69(62)118-73)48-109-35-32-106-29-26-103-23-20-100-17-14-87-39-56(81-84-87)42-112-45-71(79-60(93)10-6-4-8-12-76-59(92)9-5-3-7-11-75,44-111-41-55-38-86(83-80-55)13-16-99-19-22-102-25-28-105-31-34-108-47-72-50-114-61(117-72)37-58(91)66(72)96)46-113-43-57-40-88(85-82-57)15-18-101-21-24-104-27-30-107-33-36-110-49-74-52-116-70(119-74)63(78-54(2)90)65(95)68(74)98/h38-40,58,61-70,91,94-98H,3-37,41-52,75H2,1-2H3,(H,76,92)(H,77,89)(H,78,90)(H,79,93). The second kappa shape index (κ2) is 52.7. The van der Waals surface area contributed by atoms with Gasteiger partial charge in [0.25, 0.3) is 0 Å². The number of rotatable bonds is 68. The van der Waals surface area contributed by atoms with Gasteiger partial charge in [0.2, 0.25) is 23.6 Å². The lowest BCUT2D eigenvalue weighted by molar-refractivity contribution is -0.238. The zero-order valence-corrected chi connectivity index (χ0v) is 68.3. The number of nitrogens with two attached hydrogens (primary N) is 1. The van der Waals surface area contributed by atoms with E-state index in [-0.39, 0.29) is 149 Å². The van der Waals surface area contributed by atoms with Gasteiger partial charge in [-0.25, -0.2) is 14.0 Å². The third-order valence-corrected chi connectivity index (χ3v) is 20.0. The molecule has 119 heavy (non-hydrogen) atoms. The van der Waals surface area contributed by atoms with Crippen LogP contribution in [-0.2, 0) is 158 Å². The highest BCUT2D eigenvalue weighted by Gasteiger charge is 2.61. The number of nitrogens with one attached hydrogen (secondary N) is 4. The van der Waals surface area contributed by atoms with Gasteiger partial charge < -0.3 is 157 Å². The van der Waals surface area contributed by atoms with E-state index >= 15 is 0 Å². The summed E-state index contributed by atoms with van der Waals surface area (Å²) in [6.45, 7) is 10.6. The number of nitrogens with zero attached hydrogens (tertiary/aromatic N) is 9. The molecule has 3 aromatic rings. The molecular weight excluding hydrogens is 1580 g/mol. The number of unbranched alkanes of at least 4 members (excludes halogenated alkanes) is 4. The van der Waals surface area contributed by atoms with Crippen LogP contribution in [0.3, 0.4) is 0 Å². The molecule has 45 heteroatoms. The normalized spacial score (nSPS) is 26.2. The lowest BCUT2D eigenvalue weighted by Crippen LogP contribution is -2.66. The lowest BCUT2D eigenvalue weighted by atomic mass is 9.88. The summed E-state index contributed by atoms with van der Waals surface area (Å²) in [6.07, 6.45) is 0.716. The van der Waals surface area contributed by atoms with Gasteiger partial charge in [-0.3, -0.25) is 19.2 Å². The van der Waals surface area contributed by atoms with Gasteiger partial charge in [0, 0.05) is 39.7 Å². The van der Waals surface area contributed by atoms with Crippen LogP contribution in [0.2, 0.25) is 0 Å². The predicted molar refractivity (Wildman–Crippen MR) is 405 cm³/mol. The molecule has 3 aromatic heterocycles. The lowest BCUT2D eigenvalue weighted by Gasteiger charge is -2.42. The van der Waals surface area contributed by atoms with E-state index in [1.54, 1.807) is 32.6 Å². The Hall–Kier alpha value is -5.82. The van der Waals surface area contributed by atoms with E-state index in [2.05, 4.69) is 52.2 Å². The number of amides is 4. The minimum Gasteiger partial charge on any atom is -0.390 e. The van der Waals surface area contributed by atoms with Crippen LogP contribution < -0.4 is 27.0 Å². The van der Waals surface area contributed by atoms with Gasteiger partial charge in [-0.2, -0.15) is 0 Å². The molecule has 14 atom stereocenters. The van der Waals surface area contributed by atoms with E-state index < -0.39 is 89.9 Å². The molecular formula is C74H126N14O31. The number of carbonyl (C=O) groups is 4. The van der Waals surface area contributed by atoms with E-state index in [1.165, 1.54) is 13.8 Å². The molecule has 6 aliphatic heterocycles. The molecule has 14 unspecified atom stereocenters. The van der Waals surface area contributed by atoms with Crippen molar-refractivity contribution in [1.29, 1.82) is 0 Å². The first-order valence-corrected chi connectivity index (χ1v) is 40.9. The topological polar surface area (TPSA) is 550 Å². The van der Waals surface area contributed by atoms with Gasteiger partial charge in [0.1, 0.15) is 82.0 Å². The molecule has 6 bridgehead atoms. The maximum absolute atomic E-state index is 14.1. The molecule has 9 rings (SSSR count). The Bertz CT molecular complexity index is 3210. The van der Waals surface area contributed by atoms with Crippen molar-refractivity contribution in [2.75, 3.05) is 211 Å². The van der Waals surface area contributed by atoms with Crippen LogP contribution in [0.25, 0.3) is 0 Å². The van der Waals surface area contributed by atoms with Crippen molar-refractivity contribution < 1.29 is 149 Å². The third kappa shape index (κ3) is 32.7. The number of aliphatic hydroxyl groups is 6. The van der Waals surface area contributed by atoms with Crippen molar-refractivity contribution >= 4 is 23.6 Å². The smallest absolute Gasteiger partial charge is 0.220 e. The third-order valence-electron chi connectivity index (χ3n) is 20.0. The average Bonchev–Trinajstić information content (AvgIpc) is 1.63. The molecule has 6 saturated heterocycles. The summed E-state index contributed by atoms with van der Waals surface area (Å²) in [7, 11) is 0. The van der Waals surface area contributed by atoms with Crippen LogP contribution in [0, 0.1) is 0 Å². The van der Waals surface area contributed by atoms with Crippen LogP contribution in [0.15, 0.2) is 18.6 Å².